The van der Waals surface area contributed by atoms with Crippen molar-refractivity contribution in [3.63, 3.8) is 0 Å². The standard InChI is InChI=1S/C23H27FN4O4/c1-11-8-15(6-7-18(11)24)26-22(31)19-12(2)20(28(5)13(19)3)21(30)23(32)27-17-9-16(10-17)25-14(4)29/h6-8,16-17H,9-10H2,1-5H3,(H,25,29)(H,26,31)(H,27,32)/t16-,17+. The maximum Gasteiger partial charge on any atom is 0.294 e. The minimum absolute atomic E-state index is 0.00249. The lowest BCUT2D eigenvalue weighted by atomic mass is 9.86. The van der Waals surface area contributed by atoms with Gasteiger partial charge >= 0.3 is 0 Å². The van der Waals surface area contributed by atoms with Crippen LogP contribution in [0.15, 0.2) is 18.2 Å². The maximum atomic E-state index is 13.5. The highest BCUT2D eigenvalue weighted by molar-refractivity contribution is 6.43. The van der Waals surface area contributed by atoms with E-state index in [0.717, 1.165) is 0 Å². The Morgan fingerprint density at radius 3 is 2.25 bits per heavy atom. The Kier molecular flexibility index (Phi) is 6.47. The van der Waals surface area contributed by atoms with Crippen LogP contribution in [-0.4, -0.2) is 40.2 Å². The number of nitrogens with one attached hydrogen (secondary N) is 3. The quantitative estimate of drug-likeness (QED) is 0.471. The van der Waals surface area contributed by atoms with Crippen LogP contribution in [0.4, 0.5) is 10.1 Å². The molecular weight excluding hydrogens is 415 g/mol. The third-order valence-electron chi connectivity index (χ3n) is 5.88. The van der Waals surface area contributed by atoms with E-state index in [1.165, 1.54) is 29.7 Å². The first-order chi connectivity index (χ1) is 15.0. The van der Waals surface area contributed by atoms with Crippen LogP contribution in [0.1, 0.15) is 57.4 Å². The Morgan fingerprint density at radius 2 is 1.66 bits per heavy atom. The van der Waals surface area contributed by atoms with Crippen molar-refractivity contribution in [2.24, 2.45) is 7.05 Å². The molecular formula is C23H27FN4O4. The molecule has 32 heavy (non-hydrogen) atoms. The highest BCUT2D eigenvalue weighted by Crippen LogP contribution is 2.25. The summed E-state index contributed by atoms with van der Waals surface area (Å²) in [7, 11) is 1.62. The van der Waals surface area contributed by atoms with Gasteiger partial charge in [0.25, 0.3) is 17.6 Å². The number of rotatable bonds is 6. The number of benzene rings is 1. The van der Waals surface area contributed by atoms with Gasteiger partial charge < -0.3 is 20.5 Å². The molecule has 1 aliphatic carbocycles. The van der Waals surface area contributed by atoms with Crippen LogP contribution in [-0.2, 0) is 16.6 Å². The summed E-state index contributed by atoms with van der Waals surface area (Å²) >= 11 is 0. The molecule has 3 rings (SSSR count). The molecule has 0 atom stereocenters. The third kappa shape index (κ3) is 4.56. The second kappa shape index (κ2) is 8.94. The highest BCUT2D eigenvalue weighted by Gasteiger charge is 2.34. The van der Waals surface area contributed by atoms with Gasteiger partial charge in [-0.3, -0.25) is 19.2 Å². The first-order valence-electron chi connectivity index (χ1n) is 10.3. The molecule has 0 radical (unpaired) electrons. The lowest BCUT2D eigenvalue weighted by molar-refractivity contribution is -0.120. The van der Waals surface area contributed by atoms with E-state index in [1.807, 2.05) is 0 Å². The van der Waals surface area contributed by atoms with Crippen LogP contribution in [0.3, 0.4) is 0 Å². The van der Waals surface area contributed by atoms with Gasteiger partial charge in [-0.05, 0) is 62.9 Å². The number of ketones is 1. The van der Waals surface area contributed by atoms with Crippen LogP contribution in [0.5, 0.6) is 0 Å². The number of hydrogen-bond donors (Lipinski definition) is 3. The van der Waals surface area contributed by atoms with E-state index in [2.05, 4.69) is 16.0 Å². The van der Waals surface area contributed by atoms with Gasteiger partial charge in [0.1, 0.15) is 5.82 Å². The van der Waals surface area contributed by atoms with E-state index < -0.39 is 17.6 Å². The van der Waals surface area contributed by atoms with E-state index in [9.17, 15) is 23.6 Å². The summed E-state index contributed by atoms with van der Waals surface area (Å²) in [6.07, 6.45) is 1.13. The summed E-state index contributed by atoms with van der Waals surface area (Å²) in [4.78, 5) is 49.4. The molecule has 1 aromatic carbocycles. The fourth-order valence-corrected chi connectivity index (χ4v) is 4.05. The number of nitrogens with zero attached hydrogens (tertiary/aromatic N) is 1. The summed E-state index contributed by atoms with van der Waals surface area (Å²) in [5, 5.41) is 8.18. The number of aromatic nitrogens is 1. The summed E-state index contributed by atoms with van der Waals surface area (Å²) in [6, 6.07) is 4.06. The first-order valence-corrected chi connectivity index (χ1v) is 10.3. The van der Waals surface area contributed by atoms with Crippen molar-refractivity contribution in [1.82, 2.24) is 15.2 Å². The summed E-state index contributed by atoms with van der Waals surface area (Å²) in [6.45, 7) is 6.34. The van der Waals surface area contributed by atoms with Crippen molar-refractivity contribution >= 4 is 29.2 Å². The normalized spacial score (nSPS) is 17.3. The molecule has 0 aliphatic heterocycles. The zero-order chi connectivity index (χ0) is 23.7. The molecule has 0 unspecified atom stereocenters. The van der Waals surface area contributed by atoms with Crippen LogP contribution in [0.2, 0.25) is 0 Å². The van der Waals surface area contributed by atoms with Gasteiger partial charge in [0.05, 0.1) is 11.3 Å². The van der Waals surface area contributed by atoms with Crippen molar-refractivity contribution in [2.75, 3.05) is 5.32 Å². The molecule has 1 saturated carbocycles. The van der Waals surface area contributed by atoms with Crippen molar-refractivity contribution in [1.29, 1.82) is 0 Å². The van der Waals surface area contributed by atoms with E-state index in [-0.39, 0.29) is 29.5 Å². The Labute approximate surface area is 185 Å². The second-order valence-electron chi connectivity index (χ2n) is 8.28. The Morgan fingerprint density at radius 1 is 1.03 bits per heavy atom. The van der Waals surface area contributed by atoms with Gasteiger partial charge in [0.2, 0.25) is 5.91 Å². The molecule has 0 saturated heterocycles. The van der Waals surface area contributed by atoms with Gasteiger partial charge in [-0.1, -0.05) is 0 Å². The van der Waals surface area contributed by atoms with Crippen molar-refractivity contribution in [3.05, 3.63) is 52.1 Å². The first kappa shape index (κ1) is 23.2. The Bertz CT molecular complexity index is 1120. The van der Waals surface area contributed by atoms with Crippen molar-refractivity contribution in [2.45, 2.75) is 52.6 Å². The monoisotopic (exact) mass is 442 g/mol. The van der Waals surface area contributed by atoms with Crippen LogP contribution < -0.4 is 16.0 Å². The van der Waals surface area contributed by atoms with Crippen molar-refractivity contribution in [3.8, 4) is 0 Å². The number of hydrogen-bond acceptors (Lipinski definition) is 4. The summed E-state index contributed by atoms with van der Waals surface area (Å²) in [5.74, 6) is -2.43. The number of aryl methyl sites for hydroxylation is 1. The fourth-order valence-electron chi connectivity index (χ4n) is 4.05. The molecule has 3 N–H and O–H groups in total. The molecule has 0 spiro atoms. The van der Waals surface area contributed by atoms with Gasteiger partial charge in [-0.15, -0.1) is 0 Å². The number of halogens is 1. The van der Waals surface area contributed by atoms with E-state index >= 15 is 0 Å². The molecule has 0 bridgehead atoms. The average molecular weight is 442 g/mol. The Balaban J connectivity index is 1.74. The highest BCUT2D eigenvalue weighted by atomic mass is 19.1. The molecule has 170 valence electrons. The van der Waals surface area contributed by atoms with Gasteiger partial charge in [-0.2, -0.15) is 0 Å². The minimum Gasteiger partial charge on any atom is -0.353 e. The largest absolute Gasteiger partial charge is 0.353 e. The summed E-state index contributed by atoms with van der Waals surface area (Å²) in [5.41, 5.74) is 2.18. The molecule has 2 aromatic rings. The fraction of sp³-hybridized carbons (Fsp3) is 0.391. The number of carbonyl (C=O) groups is 4. The Hall–Kier alpha value is -3.49. The number of Topliss-reactive ketones (excluding diaryl/α,β-unsaturated/α-hetero) is 1. The predicted molar refractivity (Wildman–Crippen MR) is 117 cm³/mol. The van der Waals surface area contributed by atoms with Gasteiger partial charge in [0, 0.05) is 37.4 Å². The van der Waals surface area contributed by atoms with Crippen LogP contribution in [0, 0.1) is 26.6 Å². The van der Waals surface area contributed by atoms with E-state index in [0.29, 0.717) is 40.9 Å². The molecule has 1 heterocycles. The number of carbonyl (C=O) groups excluding carboxylic acids is 4. The average Bonchev–Trinajstić information content (AvgIpc) is 2.90. The van der Waals surface area contributed by atoms with Crippen LogP contribution >= 0.6 is 0 Å². The maximum absolute atomic E-state index is 13.5. The smallest absolute Gasteiger partial charge is 0.294 e. The molecule has 1 fully saturated rings. The minimum atomic E-state index is -0.749. The van der Waals surface area contributed by atoms with Gasteiger partial charge in [-0.25, -0.2) is 4.39 Å². The van der Waals surface area contributed by atoms with E-state index in [1.54, 1.807) is 27.8 Å². The zero-order valence-electron chi connectivity index (χ0n) is 18.8. The molecule has 8 nitrogen and oxygen atoms in total. The third-order valence-corrected chi connectivity index (χ3v) is 5.88. The molecule has 9 heteroatoms. The number of anilines is 1. The van der Waals surface area contributed by atoms with Crippen LogP contribution in [0.25, 0.3) is 0 Å². The number of amides is 3. The lowest BCUT2D eigenvalue weighted by Gasteiger charge is -2.35. The van der Waals surface area contributed by atoms with Crippen molar-refractivity contribution < 1.29 is 23.6 Å². The lowest BCUT2D eigenvalue weighted by Crippen LogP contribution is -2.54. The molecule has 1 aromatic heterocycles. The SMILES string of the molecule is CC(=O)N[C@H]1C[C@@H](NC(=O)C(=O)c2c(C)c(C(=O)Nc3ccc(F)c(C)c3)c(C)n2C)C1. The zero-order valence-corrected chi connectivity index (χ0v) is 18.8. The molecule has 1 aliphatic rings. The van der Waals surface area contributed by atoms with Gasteiger partial charge in [0.15, 0.2) is 0 Å². The second-order valence-corrected chi connectivity index (χ2v) is 8.28. The molecule has 3 amide bonds. The predicted octanol–water partition coefficient (Wildman–Crippen LogP) is 2.31. The van der Waals surface area contributed by atoms with E-state index in [4.69, 9.17) is 0 Å². The summed E-state index contributed by atoms with van der Waals surface area (Å²) < 4.78 is 15.0. The topological polar surface area (TPSA) is 109 Å².